The Kier molecular flexibility index (Phi) is 15.8. The van der Waals surface area contributed by atoms with Crippen molar-refractivity contribution in [3.63, 3.8) is 0 Å². The van der Waals surface area contributed by atoms with E-state index in [1.54, 1.807) is 5.38 Å². The summed E-state index contributed by atoms with van der Waals surface area (Å²) in [5.41, 5.74) is 1.52. The SMILES string of the molecule is CNC(=O)NCCn1c(C(=S)CC2=C(C(=O)OC(c3ccccc3)c3ccccc3)N3C(=O)C(NC(=O)C(=NOC)c4csc(NC(c5ccccc5)(c5ccccc5)c5ccccc5)n4)C3SC2)n[nH]c(=O)c1=O. The van der Waals surface area contributed by atoms with Crippen molar-refractivity contribution in [1.82, 2.24) is 40.6 Å². The number of amides is 4. The van der Waals surface area contributed by atoms with Crippen LogP contribution >= 0.6 is 35.3 Å². The molecule has 5 N–H and O–H groups in total. The second-order valence-electron chi connectivity index (χ2n) is 17.0. The molecule has 21 heteroatoms. The standard InChI is InChI=1S/C54H48N10O8S3/c1-55-52(70)56-28-29-63-45(60-61-47(66)49(63)68)40(73)30-35-31-74-50-42(48(67)64(50)43(35)51(69)72-44(33-18-8-3-9-19-33)34-20-10-4-11-21-34)58-46(65)41(62-71-2)39-32-75-53(57-39)59-54(36-22-12-5-13-23-36,37-24-14-6-15-25-37)38-26-16-7-17-27-38/h3-27,32,42,44,50H,28-31H2,1-2H3,(H,57,59)(H,58,65)(H,61,66)(H2,55,56,70). The van der Waals surface area contributed by atoms with Crippen LogP contribution in [0, 0.1) is 0 Å². The molecule has 2 atom stereocenters. The van der Waals surface area contributed by atoms with Gasteiger partial charge in [-0.2, -0.15) is 5.10 Å². The maximum absolute atomic E-state index is 14.9. The number of oxime groups is 1. The molecule has 75 heavy (non-hydrogen) atoms. The van der Waals surface area contributed by atoms with Crippen molar-refractivity contribution < 1.29 is 28.8 Å². The van der Waals surface area contributed by atoms with Crippen molar-refractivity contribution in [2.24, 2.45) is 5.16 Å². The van der Waals surface area contributed by atoms with Crippen molar-refractivity contribution in [3.05, 3.63) is 228 Å². The molecule has 9 rings (SSSR count). The van der Waals surface area contributed by atoms with Gasteiger partial charge in [0.15, 0.2) is 22.8 Å². The molecule has 4 heterocycles. The predicted molar refractivity (Wildman–Crippen MR) is 289 cm³/mol. The lowest BCUT2D eigenvalue weighted by molar-refractivity contribution is -0.154. The second kappa shape index (κ2) is 23.1. The van der Waals surface area contributed by atoms with Crippen LogP contribution < -0.4 is 32.4 Å². The molecule has 2 unspecified atom stereocenters. The van der Waals surface area contributed by atoms with E-state index in [0.29, 0.717) is 21.8 Å². The average Bonchev–Trinajstić information content (AvgIpc) is 3.92. The first-order chi connectivity index (χ1) is 36.5. The van der Waals surface area contributed by atoms with Gasteiger partial charge < -0.3 is 30.8 Å². The first kappa shape index (κ1) is 51.4. The van der Waals surface area contributed by atoms with Gasteiger partial charge in [-0.3, -0.25) is 28.6 Å². The number of carbonyl (C=O) groups excluding carboxylic acids is 4. The number of ether oxygens (including phenoxy) is 1. The van der Waals surface area contributed by atoms with Gasteiger partial charge in [0.1, 0.15) is 35.5 Å². The molecule has 2 aromatic heterocycles. The first-order valence-electron chi connectivity index (χ1n) is 23.5. The number of esters is 1. The summed E-state index contributed by atoms with van der Waals surface area (Å²) in [7, 11) is 2.73. The summed E-state index contributed by atoms with van der Waals surface area (Å²) in [6.45, 7) is -0.211. The van der Waals surface area contributed by atoms with Gasteiger partial charge in [0.25, 0.3) is 11.8 Å². The fraction of sp³-hybridized carbons (Fsp3) is 0.185. The van der Waals surface area contributed by atoms with Crippen LogP contribution in [0.2, 0.25) is 0 Å². The van der Waals surface area contributed by atoms with Gasteiger partial charge >= 0.3 is 23.1 Å². The molecule has 0 aliphatic carbocycles. The Hall–Kier alpha value is -8.53. The molecule has 1 saturated heterocycles. The maximum atomic E-state index is 14.9. The molecule has 0 saturated carbocycles. The van der Waals surface area contributed by atoms with Gasteiger partial charge in [0.2, 0.25) is 0 Å². The zero-order valence-electron chi connectivity index (χ0n) is 40.3. The van der Waals surface area contributed by atoms with E-state index in [-0.39, 0.29) is 53.1 Å². The Bertz CT molecular complexity index is 3280. The molecule has 2 aliphatic rings. The normalized spacial score (nSPS) is 15.3. The van der Waals surface area contributed by atoms with Gasteiger partial charge in [-0.05, 0) is 33.4 Å². The Morgan fingerprint density at radius 2 is 1.40 bits per heavy atom. The lowest BCUT2D eigenvalue weighted by atomic mass is 9.77. The van der Waals surface area contributed by atoms with Crippen molar-refractivity contribution >= 4 is 74.8 Å². The van der Waals surface area contributed by atoms with E-state index >= 15 is 0 Å². The van der Waals surface area contributed by atoms with Crippen molar-refractivity contribution in [1.29, 1.82) is 0 Å². The molecule has 0 spiro atoms. The lowest BCUT2D eigenvalue weighted by Crippen LogP contribution is -2.71. The highest BCUT2D eigenvalue weighted by Gasteiger charge is 2.55. The Morgan fingerprint density at radius 3 is 1.95 bits per heavy atom. The summed E-state index contributed by atoms with van der Waals surface area (Å²) in [4.78, 5) is 92.8. The van der Waals surface area contributed by atoms with E-state index in [1.807, 2.05) is 152 Å². The molecule has 18 nitrogen and oxygen atoms in total. The third-order valence-corrected chi connectivity index (χ3v) is 14.9. The van der Waals surface area contributed by atoms with Crippen molar-refractivity contribution in [2.75, 3.05) is 31.8 Å². The number of thiocarbonyl (C=S) groups is 1. The van der Waals surface area contributed by atoms with E-state index in [1.165, 1.54) is 42.2 Å². The molecule has 0 radical (unpaired) electrons. The van der Waals surface area contributed by atoms with Crippen LogP contribution in [0.5, 0.6) is 0 Å². The van der Waals surface area contributed by atoms with E-state index in [2.05, 4.69) is 36.6 Å². The van der Waals surface area contributed by atoms with Crippen LogP contribution in [-0.2, 0) is 36.0 Å². The summed E-state index contributed by atoms with van der Waals surface area (Å²) in [5.74, 6) is -2.19. The van der Waals surface area contributed by atoms with Gasteiger partial charge in [-0.1, -0.05) is 169 Å². The predicted octanol–water partition coefficient (Wildman–Crippen LogP) is 5.87. The number of thioether (sulfide) groups is 1. The number of carbonyl (C=O) groups is 4. The van der Waals surface area contributed by atoms with Gasteiger partial charge in [0, 0.05) is 37.7 Å². The molecule has 7 aromatic rings. The number of H-pyrrole nitrogens is 1. The smallest absolute Gasteiger partial charge is 0.356 e. The summed E-state index contributed by atoms with van der Waals surface area (Å²) >= 11 is 8.39. The van der Waals surface area contributed by atoms with Gasteiger partial charge in [0.05, 0.1) is 4.86 Å². The number of benzene rings is 5. The fourth-order valence-electron chi connectivity index (χ4n) is 8.93. The minimum Gasteiger partial charge on any atom is -0.448 e. The summed E-state index contributed by atoms with van der Waals surface area (Å²) in [6.07, 6.45) is -1.07. The van der Waals surface area contributed by atoms with Crippen LogP contribution in [0.3, 0.4) is 0 Å². The number of urea groups is 1. The summed E-state index contributed by atoms with van der Waals surface area (Å²) in [5, 5.41) is 23.2. The number of aromatic amines is 1. The lowest BCUT2D eigenvalue weighted by Gasteiger charge is -2.49. The first-order valence-corrected chi connectivity index (χ1v) is 25.8. The van der Waals surface area contributed by atoms with E-state index in [9.17, 15) is 28.8 Å². The molecule has 380 valence electrons. The quantitative estimate of drug-likeness (QED) is 0.00935. The Morgan fingerprint density at radius 1 is 0.840 bits per heavy atom. The van der Waals surface area contributed by atoms with E-state index in [4.69, 9.17) is 26.8 Å². The molecule has 2 aliphatic heterocycles. The number of thiazole rings is 1. The second-order valence-corrected chi connectivity index (χ2v) is 19.4. The number of β-lactam (4-membered cyclic amide) rings is 1. The van der Waals surface area contributed by atoms with Crippen LogP contribution in [0.4, 0.5) is 9.93 Å². The molecule has 5 aromatic carbocycles. The number of anilines is 1. The average molecular weight is 1060 g/mol. The summed E-state index contributed by atoms with van der Waals surface area (Å²) < 4.78 is 7.39. The number of nitrogens with one attached hydrogen (secondary N) is 5. The Labute approximate surface area is 443 Å². The van der Waals surface area contributed by atoms with Crippen molar-refractivity contribution in [3.8, 4) is 0 Å². The number of fused-ring (bicyclic) bond motifs is 1. The highest BCUT2D eigenvalue weighted by molar-refractivity contribution is 8.00. The summed E-state index contributed by atoms with van der Waals surface area (Å²) in [6, 6.07) is 46.5. The third-order valence-electron chi connectivity index (χ3n) is 12.4. The molecular formula is C54H48N10O8S3. The largest absolute Gasteiger partial charge is 0.448 e. The van der Waals surface area contributed by atoms with Crippen LogP contribution in [0.1, 0.15) is 51.9 Å². The number of nitrogens with zero attached hydrogens (tertiary/aromatic N) is 5. The fourth-order valence-corrected chi connectivity index (χ4v) is 11.4. The number of rotatable bonds is 19. The molecule has 1 fully saturated rings. The minimum absolute atomic E-state index is 0.0502. The number of hydrogen-bond donors (Lipinski definition) is 5. The number of hydrogen-bond acceptors (Lipinski definition) is 15. The van der Waals surface area contributed by atoms with Crippen LogP contribution in [0.25, 0.3) is 0 Å². The van der Waals surface area contributed by atoms with Crippen LogP contribution in [-0.4, -0.2) is 96.9 Å². The monoisotopic (exact) mass is 1060 g/mol. The van der Waals surface area contributed by atoms with Crippen molar-refractivity contribution in [2.45, 2.75) is 36.0 Å². The molecular weight excluding hydrogens is 1010 g/mol. The number of aromatic nitrogens is 4. The molecule has 4 amide bonds. The molecule has 0 bridgehead atoms. The maximum Gasteiger partial charge on any atom is 0.356 e. The highest BCUT2D eigenvalue weighted by atomic mass is 32.2. The van der Waals surface area contributed by atoms with Gasteiger partial charge in [-0.25, -0.2) is 19.7 Å². The third kappa shape index (κ3) is 10.8. The highest BCUT2D eigenvalue weighted by Crippen LogP contribution is 2.44. The zero-order valence-corrected chi connectivity index (χ0v) is 42.7. The van der Waals surface area contributed by atoms with E-state index < -0.39 is 58.0 Å². The van der Waals surface area contributed by atoms with Crippen LogP contribution in [0.15, 0.2) is 183 Å². The topological polar surface area (TPSA) is 231 Å². The van der Waals surface area contributed by atoms with E-state index in [0.717, 1.165) is 21.3 Å². The minimum atomic E-state index is -1.14. The zero-order chi connectivity index (χ0) is 52.5. The van der Waals surface area contributed by atoms with Gasteiger partial charge in [-0.15, -0.1) is 23.1 Å². The Balaban J connectivity index is 1.01.